The molecular weight excluding hydrogens is 450 g/mol. The largest absolute Gasteiger partial charge is 0.495 e. The minimum Gasteiger partial charge on any atom is -0.495 e. The molecule has 0 aliphatic carbocycles. The van der Waals surface area contributed by atoms with Gasteiger partial charge in [-0.05, 0) is 30.8 Å². The van der Waals surface area contributed by atoms with Gasteiger partial charge in [-0.1, -0.05) is 11.6 Å². The van der Waals surface area contributed by atoms with Gasteiger partial charge in [0.25, 0.3) is 5.91 Å². The van der Waals surface area contributed by atoms with E-state index in [9.17, 15) is 9.59 Å². The molecule has 0 spiro atoms. The van der Waals surface area contributed by atoms with Crippen LogP contribution in [0.1, 0.15) is 25.6 Å². The number of thiocarbonyl (C=S) groups is 1. The van der Waals surface area contributed by atoms with Gasteiger partial charge in [0.05, 0.1) is 42.5 Å². The van der Waals surface area contributed by atoms with Crippen LogP contribution in [0.5, 0.6) is 11.5 Å². The minimum atomic E-state index is -0.572. The molecule has 11 heteroatoms. The van der Waals surface area contributed by atoms with E-state index in [2.05, 4.69) is 10.6 Å². The first-order valence-corrected chi connectivity index (χ1v) is 10.2. The molecule has 1 aromatic heterocycles. The van der Waals surface area contributed by atoms with Gasteiger partial charge in [-0.3, -0.25) is 4.79 Å². The predicted molar refractivity (Wildman–Crippen MR) is 123 cm³/mol. The maximum Gasteiger partial charge on any atom is 0.341 e. The summed E-state index contributed by atoms with van der Waals surface area (Å²) in [6, 6.07) is 3.23. The van der Waals surface area contributed by atoms with Crippen molar-refractivity contribution in [3.8, 4) is 11.5 Å². The summed E-state index contributed by atoms with van der Waals surface area (Å²) >= 11 is 12.7. The molecule has 0 bridgehead atoms. The molecule has 1 heterocycles. The van der Waals surface area contributed by atoms with Crippen molar-refractivity contribution in [2.45, 2.75) is 6.92 Å². The number of ether oxygens (including phenoxy) is 3. The number of anilines is 2. The lowest BCUT2D eigenvalue weighted by molar-refractivity contribution is 0.0601. The molecule has 2 N–H and O–H groups in total. The van der Waals surface area contributed by atoms with Gasteiger partial charge in [-0.25, -0.2) is 4.79 Å². The van der Waals surface area contributed by atoms with E-state index in [-0.39, 0.29) is 16.6 Å². The Morgan fingerprint density at radius 3 is 2.27 bits per heavy atom. The Balaban J connectivity index is 2.37. The van der Waals surface area contributed by atoms with Crippen LogP contribution in [0.15, 0.2) is 12.1 Å². The first-order chi connectivity index (χ1) is 14.1. The first kappa shape index (κ1) is 23.7. The standard InChI is InChI=1S/C19H22ClN3O5S2/c1-9-14(18(25)28-6)16(30-15(9)17(24)23(2)3)22-19(29)21-11-7-10(20)12(26-4)8-13(11)27-5/h7-8H,1-6H3,(H2,21,22,29). The number of hydrogen-bond acceptors (Lipinski definition) is 7. The van der Waals surface area contributed by atoms with Crippen molar-refractivity contribution in [3.63, 3.8) is 0 Å². The molecule has 0 aliphatic rings. The predicted octanol–water partition coefficient (Wildman–Crippen LogP) is 4.02. The number of carbonyl (C=O) groups is 2. The van der Waals surface area contributed by atoms with Crippen LogP contribution >= 0.6 is 35.2 Å². The second-order valence-corrected chi connectivity index (χ2v) is 8.05. The van der Waals surface area contributed by atoms with Crippen molar-refractivity contribution >= 4 is 62.8 Å². The van der Waals surface area contributed by atoms with Gasteiger partial charge in [-0.15, -0.1) is 11.3 Å². The van der Waals surface area contributed by atoms with Crippen LogP contribution in [0, 0.1) is 6.92 Å². The summed E-state index contributed by atoms with van der Waals surface area (Å²) in [5, 5.41) is 6.87. The van der Waals surface area contributed by atoms with Crippen LogP contribution in [0.2, 0.25) is 5.02 Å². The topological polar surface area (TPSA) is 89.1 Å². The van der Waals surface area contributed by atoms with Crippen molar-refractivity contribution < 1.29 is 23.8 Å². The Kier molecular flexibility index (Phi) is 7.88. The van der Waals surface area contributed by atoms with Crippen molar-refractivity contribution in [2.24, 2.45) is 0 Å². The van der Waals surface area contributed by atoms with E-state index in [1.165, 1.54) is 26.2 Å². The molecule has 1 aromatic carbocycles. The van der Waals surface area contributed by atoms with Crippen molar-refractivity contribution in [3.05, 3.63) is 33.2 Å². The molecule has 1 amide bonds. The zero-order valence-corrected chi connectivity index (χ0v) is 19.7. The number of esters is 1. The SMILES string of the molecule is COC(=O)c1c(NC(=S)Nc2cc(Cl)c(OC)cc2OC)sc(C(=O)N(C)C)c1C. The maximum absolute atomic E-state index is 12.5. The Morgan fingerprint density at radius 1 is 1.10 bits per heavy atom. The fourth-order valence-electron chi connectivity index (χ4n) is 2.57. The minimum absolute atomic E-state index is 0.171. The van der Waals surface area contributed by atoms with Crippen LogP contribution in [0.25, 0.3) is 0 Å². The van der Waals surface area contributed by atoms with Crippen LogP contribution in [-0.4, -0.2) is 57.3 Å². The molecule has 30 heavy (non-hydrogen) atoms. The Bertz CT molecular complexity index is 991. The van der Waals surface area contributed by atoms with Crippen molar-refractivity contribution in [1.29, 1.82) is 0 Å². The molecular formula is C19H22ClN3O5S2. The van der Waals surface area contributed by atoms with E-state index in [4.69, 9.17) is 38.0 Å². The summed E-state index contributed by atoms with van der Waals surface area (Å²) in [4.78, 5) is 26.6. The Morgan fingerprint density at radius 2 is 1.73 bits per heavy atom. The third-order valence-electron chi connectivity index (χ3n) is 4.09. The molecule has 0 radical (unpaired) electrons. The average molecular weight is 472 g/mol. The normalized spacial score (nSPS) is 10.2. The number of carbonyl (C=O) groups excluding carboxylic acids is 2. The first-order valence-electron chi connectivity index (χ1n) is 8.57. The quantitative estimate of drug-likeness (QED) is 0.482. The van der Waals surface area contributed by atoms with E-state index in [1.54, 1.807) is 33.2 Å². The lowest BCUT2D eigenvalue weighted by atomic mass is 10.1. The lowest BCUT2D eigenvalue weighted by Crippen LogP contribution is -2.21. The molecule has 0 saturated heterocycles. The molecule has 2 aromatic rings. The Hall–Kier alpha value is -2.56. The molecule has 8 nitrogen and oxygen atoms in total. The van der Waals surface area contributed by atoms with E-state index in [0.29, 0.717) is 37.7 Å². The van der Waals surface area contributed by atoms with Crippen molar-refractivity contribution in [2.75, 3.05) is 46.1 Å². The number of thiophene rings is 1. The zero-order valence-electron chi connectivity index (χ0n) is 17.3. The number of rotatable bonds is 6. The van der Waals surface area contributed by atoms with Crippen LogP contribution in [0.4, 0.5) is 10.7 Å². The van der Waals surface area contributed by atoms with E-state index in [1.807, 2.05) is 0 Å². The fourth-order valence-corrected chi connectivity index (χ4v) is 4.31. The lowest BCUT2D eigenvalue weighted by Gasteiger charge is -2.15. The number of methoxy groups -OCH3 is 3. The molecule has 0 fully saturated rings. The van der Waals surface area contributed by atoms with E-state index in [0.717, 1.165) is 11.3 Å². The van der Waals surface area contributed by atoms with Gasteiger partial charge in [0.15, 0.2) is 5.11 Å². The molecule has 0 unspecified atom stereocenters. The van der Waals surface area contributed by atoms with Gasteiger partial charge in [-0.2, -0.15) is 0 Å². The smallest absolute Gasteiger partial charge is 0.341 e. The molecule has 0 saturated carbocycles. The fraction of sp³-hybridized carbons (Fsp3) is 0.316. The highest BCUT2D eigenvalue weighted by molar-refractivity contribution is 7.80. The highest BCUT2D eigenvalue weighted by Gasteiger charge is 2.26. The summed E-state index contributed by atoms with van der Waals surface area (Å²) in [6.07, 6.45) is 0. The van der Waals surface area contributed by atoms with Gasteiger partial charge in [0.1, 0.15) is 16.5 Å². The van der Waals surface area contributed by atoms with Crippen LogP contribution in [-0.2, 0) is 4.74 Å². The number of nitrogens with one attached hydrogen (secondary N) is 2. The third kappa shape index (κ3) is 4.94. The van der Waals surface area contributed by atoms with Gasteiger partial charge in [0.2, 0.25) is 0 Å². The average Bonchev–Trinajstić information content (AvgIpc) is 3.02. The number of halogens is 1. The third-order valence-corrected chi connectivity index (χ3v) is 5.78. The molecule has 0 aliphatic heterocycles. The highest BCUT2D eigenvalue weighted by atomic mass is 35.5. The summed E-state index contributed by atoms with van der Waals surface area (Å²) in [5.74, 6) is 0.112. The van der Waals surface area contributed by atoms with Gasteiger partial charge in [0, 0.05) is 20.2 Å². The van der Waals surface area contributed by atoms with Crippen LogP contribution in [0.3, 0.4) is 0 Å². The molecule has 2 rings (SSSR count). The molecule has 0 atom stereocenters. The second kappa shape index (κ2) is 9.96. The van der Waals surface area contributed by atoms with Crippen molar-refractivity contribution in [1.82, 2.24) is 4.90 Å². The summed E-state index contributed by atoms with van der Waals surface area (Å²) in [7, 11) is 7.55. The number of amides is 1. The highest BCUT2D eigenvalue weighted by Crippen LogP contribution is 2.37. The molecule has 162 valence electrons. The second-order valence-electron chi connectivity index (χ2n) is 6.22. The number of nitrogens with zero attached hydrogens (tertiary/aromatic N) is 1. The number of benzene rings is 1. The Labute approximate surface area is 189 Å². The monoisotopic (exact) mass is 471 g/mol. The summed E-state index contributed by atoms with van der Waals surface area (Å²) < 4.78 is 15.4. The maximum atomic E-state index is 12.5. The van der Waals surface area contributed by atoms with E-state index < -0.39 is 5.97 Å². The summed E-state index contributed by atoms with van der Waals surface area (Å²) in [6.45, 7) is 1.69. The van der Waals surface area contributed by atoms with Crippen LogP contribution < -0.4 is 20.1 Å². The van der Waals surface area contributed by atoms with Gasteiger partial charge < -0.3 is 29.7 Å². The number of hydrogen-bond donors (Lipinski definition) is 2. The summed E-state index contributed by atoms with van der Waals surface area (Å²) in [5.41, 5.74) is 1.26. The zero-order chi connectivity index (χ0) is 22.6. The van der Waals surface area contributed by atoms with E-state index >= 15 is 0 Å². The van der Waals surface area contributed by atoms with Gasteiger partial charge >= 0.3 is 5.97 Å².